The first-order chi connectivity index (χ1) is 13.5. The number of aliphatic imine (C=N–C) groups is 1. The normalized spacial score (nSPS) is 23.4. The molecule has 0 spiro atoms. The van der Waals surface area contributed by atoms with Crippen molar-refractivity contribution in [2.45, 2.75) is 32.0 Å². The lowest BCUT2D eigenvalue weighted by atomic mass is 10.0. The van der Waals surface area contributed by atoms with Gasteiger partial charge in [-0.25, -0.2) is 4.99 Å². The monoisotopic (exact) mass is 378 g/mol. The Hall–Kier alpha value is -2.57. The van der Waals surface area contributed by atoms with Gasteiger partial charge in [-0.15, -0.1) is 0 Å². The molecule has 0 amide bonds. The molecular weight excluding hydrogens is 348 g/mol. The first-order valence-corrected chi connectivity index (χ1v) is 10.0. The van der Waals surface area contributed by atoms with Crippen molar-refractivity contribution in [2.24, 2.45) is 10.7 Å². The second-order valence-electron chi connectivity index (χ2n) is 7.92. The maximum atomic E-state index is 6.91. The molecule has 0 aliphatic carbocycles. The zero-order valence-corrected chi connectivity index (χ0v) is 17.0. The van der Waals surface area contributed by atoms with Gasteiger partial charge in [0.1, 0.15) is 5.82 Å². The minimum Gasteiger partial charge on any atom is -0.349 e. The number of hydrogen-bond donors (Lipinski definition) is 3. The third-order valence-electron chi connectivity index (χ3n) is 5.72. The Balaban J connectivity index is 1.69. The summed E-state index contributed by atoms with van der Waals surface area (Å²) < 4.78 is 0. The van der Waals surface area contributed by atoms with Crippen LogP contribution in [0, 0.1) is 0 Å². The molecular formula is C22H30N6. The van der Waals surface area contributed by atoms with Crippen LogP contribution in [0.5, 0.6) is 0 Å². The van der Waals surface area contributed by atoms with Crippen molar-refractivity contribution < 1.29 is 0 Å². The van der Waals surface area contributed by atoms with Crippen LogP contribution in [-0.4, -0.2) is 48.7 Å². The van der Waals surface area contributed by atoms with E-state index in [-0.39, 0.29) is 0 Å². The SMILES string of the molecule is CC1=C(Nc2ccc3ccccc3c2)NC(N(C)C)=NC1(N)N1CCCCC1. The number of fused-ring (bicyclic) bond motifs is 1. The third-order valence-corrected chi connectivity index (χ3v) is 5.72. The molecule has 0 aromatic heterocycles. The summed E-state index contributed by atoms with van der Waals surface area (Å²) in [5.41, 5.74) is 8.95. The number of nitrogens with one attached hydrogen (secondary N) is 2. The fourth-order valence-electron chi connectivity index (χ4n) is 3.95. The van der Waals surface area contributed by atoms with E-state index in [0.717, 1.165) is 36.1 Å². The number of anilines is 1. The van der Waals surface area contributed by atoms with Crippen LogP contribution in [0.25, 0.3) is 10.8 Å². The van der Waals surface area contributed by atoms with Gasteiger partial charge in [-0.3, -0.25) is 10.6 Å². The number of likely N-dealkylation sites (tertiary alicyclic amines) is 1. The van der Waals surface area contributed by atoms with Crippen LogP contribution in [0.15, 0.2) is 58.9 Å². The average molecular weight is 379 g/mol. The third kappa shape index (κ3) is 3.45. The van der Waals surface area contributed by atoms with Gasteiger partial charge < -0.3 is 15.5 Å². The van der Waals surface area contributed by atoms with E-state index < -0.39 is 5.79 Å². The van der Waals surface area contributed by atoms with Gasteiger partial charge in [0.25, 0.3) is 0 Å². The van der Waals surface area contributed by atoms with Crippen molar-refractivity contribution in [2.75, 3.05) is 32.5 Å². The molecule has 0 radical (unpaired) electrons. The van der Waals surface area contributed by atoms with Crippen molar-refractivity contribution in [3.8, 4) is 0 Å². The molecule has 0 bridgehead atoms. The van der Waals surface area contributed by atoms with Crippen LogP contribution in [0.4, 0.5) is 5.69 Å². The lowest BCUT2D eigenvalue weighted by Crippen LogP contribution is -2.62. The zero-order chi connectivity index (χ0) is 19.7. The molecule has 148 valence electrons. The fraction of sp³-hybridized carbons (Fsp3) is 0.409. The smallest absolute Gasteiger partial charge is 0.202 e. The highest BCUT2D eigenvalue weighted by Gasteiger charge is 2.40. The van der Waals surface area contributed by atoms with Gasteiger partial charge in [0.05, 0.1) is 0 Å². The van der Waals surface area contributed by atoms with E-state index >= 15 is 0 Å². The Morgan fingerprint density at radius 2 is 1.79 bits per heavy atom. The second-order valence-corrected chi connectivity index (χ2v) is 7.92. The molecule has 1 saturated heterocycles. The molecule has 2 aliphatic rings. The van der Waals surface area contributed by atoms with E-state index in [4.69, 9.17) is 10.7 Å². The van der Waals surface area contributed by atoms with E-state index in [1.54, 1.807) is 0 Å². The largest absolute Gasteiger partial charge is 0.349 e. The fourth-order valence-corrected chi connectivity index (χ4v) is 3.95. The summed E-state index contributed by atoms with van der Waals surface area (Å²) in [4.78, 5) is 9.17. The summed E-state index contributed by atoms with van der Waals surface area (Å²) in [6, 6.07) is 14.8. The maximum absolute atomic E-state index is 6.91. The molecule has 6 nitrogen and oxygen atoms in total. The van der Waals surface area contributed by atoms with Crippen LogP contribution in [0.3, 0.4) is 0 Å². The molecule has 1 atom stereocenters. The van der Waals surface area contributed by atoms with E-state index in [9.17, 15) is 0 Å². The molecule has 2 aromatic rings. The van der Waals surface area contributed by atoms with Crippen LogP contribution in [0.2, 0.25) is 0 Å². The maximum Gasteiger partial charge on any atom is 0.202 e. The quantitative estimate of drug-likeness (QED) is 0.766. The first-order valence-electron chi connectivity index (χ1n) is 10.0. The minimum absolute atomic E-state index is 0.766. The molecule has 2 aromatic carbocycles. The highest BCUT2D eigenvalue weighted by Crippen LogP contribution is 2.30. The molecule has 28 heavy (non-hydrogen) atoms. The lowest BCUT2D eigenvalue weighted by molar-refractivity contribution is 0.102. The van der Waals surface area contributed by atoms with Gasteiger partial charge in [-0.1, -0.05) is 36.8 Å². The van der Waals surface area contributed by atoms with Gasteiger partial charge >= 0.3 is 0 Å². The predicted molar refractivity (Wildman–Crippen MR) is 117 cm³/mol. The highest BCUT2D eigenvalue weighted by atomic mass is 15.4. The molecule has 6 heteroatoms. The summed E-state index contributed by atoms with van der Waals surface area (Å²) in [6.45, 7) is 4.02. The van der Waals surface area contributed by atoms with Crippen LogP contribution < -0.4 is 16.4 Å². The minimum atomic E-state index is -0.829. The standard InChI is InChI=1S/C22H30N6/c1-16-20(24-19-12-11-17-9-5-6-10-18(17)15-19)25-21(27(2)3)26-22(16,23)28-13-7-4-8-14-28/h5-6,9-12,15,24H,4,7-8,13-14,23H2,1-3H3,(H,25,26). The van der Waals surface area contributed by atoms with Crippen molar-refractivity contribution in [3.05, 3.63) is 53.9 Å². The molecule has 0 saturated carbocycles. The summed E-state index contributed by atoms with van der Waals surface area (Å²) in [7, 11) is 3.97. The zero-order valence-electron chi connectivity index (χ0n) is 17.0. The van der Waals surface area contributed by atoms with Crippen molar-refractivity contribution in [1.29, 1.82) is 0 Å². The van der Waals surface area contributed by atoms with Crippen LogP contribution >= 0.6 is 0 Å². The Bertz CT molecular complexity index is 926. The van der Waals surface area contributed by atoms with Crippen molar-refractivity contribution in [1.82, 2.24) is 15.1 Å². The number of piperidine rings is 1. The van der Waals surface area contributed by atoms with Crippen LogP contribution in [0.1, 0.15) is 26.2 Å². The van der Waals surface area contributed by atoms with Gasteiger partial charge in [-0.2, -0.15) is 0 Å². The number of nitrogens with two attached hydrogens (primary N) is 1. The number of guanidine groups is 1. The Labute approximate surface area is 167 Å². The number of benzene rings is 2. The lowest BCUT2D eigenvalue weighted by Gasteiger charge is -2.44. The Morgan fingerprint density at radius 1 is 1.07 bits per heavy atom. The molecule has 1 unspecified atom stereocenters. The molecule has 2 heterocycles. The summed E-state index contributed by atoms with van der Waals surface area (Å²) in [5, 5.41) is 9.42. The number of hydrogen-bond acceptors (Lipinski definition) is 6. The topological polar surface area (TPSA) is 68.9 Å². The molecule has 1 fully saturated rings. The van der Waals surface area contributed by atoms with E-state index in [1.165, 1.54) is 30.0 Å². The number of nitrogens with zero attached hydrogens (tertiary/aromatic N) is 3. The Morgan fingerprint density at radius 3 is 2.50 bits per heavy atom. The van der Waals surface area contributed by atoms with E-state index in [2.05, 4.69) is 64.9 Å². The van der Waals surface area contributed by atoms with Gasteiger partial charge in [-0.05, 0) is 42.7 Å². The molecule has 2 aliphatic heterocycles. The average Bonchev–Trinajstić information content (AvgIpc) is 2.71. The van der Waals surface area contributed by atoms with Gasteiger partial charge in [0.2, 0.25) is 5.96 Å². The molecule has 4 rings (SSSR count). The van der Waals surface area contributed by atoms with E-state index in [0.29, 0.717) is 0 Å². The highest BCUT2D eigenvalue weighted by molar-refractivity contribution is 5.87. The summed E-state index contributed by atoms with van der Waals surface area (Å²) in [5.74, 6) is 0.841. The van der Waals surface area contributed by atoms with Crippen LogP contribution in [-0.2, 0) is 0 Å². The van der Waals surface area contributed by atoms with Gasteiger partial charge in [0.15, 0.2) is 5.79 Å². The predicted octanol–water partition coefficient (Wildman–Crippen LogP) is 3.10. The Kier molecular flexibility index (Phi) is 5.00. The van der Waals surface area contributed by atoms with E-state index in [1.807, 2.05) is 19.0 Å². The second kappa shape index (κ2) is 7.45. The van der Waals surface area contributed by atoms with Gasteiger partial charge in [0, 0.05) is 38.4 Å². The summed E-state index contributed by atoms with van der Waals surface area (Å²) >= 11 is 0. The van der Waals surface area contributed by atoms with Crippen molar-refractivity contribution >= 4 is 22.4 Å². The first kappa shape index (κ1) is 18.8. The van der Waals surface area contributed by atoms with Crippen molar-refractivity contribution in [3.63, 3.8) is 0 Å². The molecule has 4 N–H and O–H groups in total. The summed E-state index contributed by atoms with van der Waals surface area (Å²) in [6.07, 6.45) is 3.60. The number of rotatable bonds is 3.